The van der Waals surface area contributed by atoms with Gasteiger partial charge in [0.2, 0.25) is 0 Å². The van der Waals surface area contributed by atoms with Gasteiger partial charge in [0.15, 0.2) is 4.96 Å². The number of hydrogen-bond acceptors (Lipinski definition) is 5. The summed E-state index contributed by atoms with van der Waals surface area (Å²) >= 11 is 1.56. The van der Waals surface area contributed by atoms with E-state index in [9.17, 15) is 4.79 Å². The largest absolute Gasteiger partial charge is 0.346 e. The Morgan fingerprint density at radius 2 is 2.26 bits per heavy atom. The lowest BCUT2D eigenvalue weighted by Crippen LogP contribution is -2.23. The summed E-state index contributed by atoms with van der Waals surface area (Å²) in [7, 11) is 0. The third-order valence-corrected chi connectivity index (χ3v) is 4.12. The van der Waals surface area contributed by atoms with Gasteiger partial charge in [0, 0.05) is 36.4 Å². The zero-order valence-electron chi connectivity index (χ0n) is 12.0. The number of imidazole rings is 2. The summed E-state index contributed by atoms with van der Waals surface area (Å²) < 4.78 is 3.72. The molecule has 0 bridgehead atoms. The molecular formula is C15H12N6OS. The zero-order valence-corrected chi connectivity index (χ0v) is 12.8. The van der Waals surface area contributed by atoms with E-state index >= 15 is 0 Å². The Morgan fingerprint density at radius 3 is 3.00 bits per heavy atom. The van der Waals surface area contributed by atoms with Gasteiger partial charge < -0.3 is 5.32 Å². The predicted molar refractivity (Wildman–Crippen MR) is 85.6 cm³/mol. The molecule has 4 rings (SSSR count). The normalized spacial score (nSPS) is 11.0. The molecule has 0 aliphatic heterocycles. The average molecular weight is 324 g/mol. The molecule has 8 heteroatoms. The molecule has 0 aliphatic carbocycles. The first-order valence-electron chi connectivity index (χ1n) is 6.93. The van der Waals surface area contributed by atoms with E-state index in [1.165, 1.54) is 0 Å². The number of thiazole rings is 1. The van der Waals surface area contributed by atoms with Crippen molar-refractivity contribution < 1.29 is 4.79 Å². The number of fused-ring (bicyclic) bond motifs is 1. The van der Waals surface area contributed by atoms with E-state index in [4.69, 9.17) is 0 Å². The number of pyridine rings is 1. The Balaban J connectivity index is 1.43. The fourth-order valence-corrected chi connectivity index (χ4v) is 2.92. The summed E-state index contributed by atoms with van der Waals surface area (Å²) in [6.45, 7) is 0.385. The number of hydrogen-bond donors (Lipinski definition) is 1. The van der Waals surface area contributed by atoms with E-state index < -0.39 is 0 Å². The van der Waals surface area contributed by atoms with Crippen molar-refractivity contribution in [3.05, 3.63) is 66.1 Å². The van der Waals surface area contributed by atoms with Gasteiger partial charge in [-0.3, -0.25) is 13.8 Å². The molecule has 0 aliphatic rings. The van der Waals surface area contributed by atoms with Crippen LogP contribution in [0.4, 0.5) is 0 Å². The summed E-state index contributed by atoms with van der Waals surface area (Å²) in [5, 5.41) is 4.82. The Morgan fingerprint density at radius 1 is 1.30 bits per heavy atom. The molecule has 0 unspecified atom stereocenters. The minimum atomic E-state index is -0.175. The third kappa shape index (κ3) is 2.71. The van der Waals surface area contributed by atoms with E-state index in [-0.39, 0.29) is 5.91 Å². The van der Waals surface area contributed by atoms with Gasteiger partial charge in [-0.25, -0.2) is 15.0 Å². The van der Waals surface area contributed by atoms with Crippen molar-refractivity contribution in [3.63, 3.8) is 0 Å². The van der Waals surface area contributed by atoms with Crippen molar-refractivity contribution in [1.82, 2.24) is 29.2 Å². The highest BCUT2D eigenvalue weighted by Crippen LogP contribution is 2.11. The van der Waals surface area contributed by atoms with E-state index in [1.54, 1.807) is 53.0 Å². The fraction of sp³-hybridized carbons (Fsp3) is 0.0667. The molecule has 114 valence electrons. The second-order valence-corrected chi connectivity index (χ2v) is 5.76. The number of rotatable bonds is 4. The molecule has 7 nitrogen and oxygen atoms in total. The Hall–Kier alpha value is -3.00. The molecule has 0 spiro atoms. The lowest BCUT2D eigenvalue weighted by molar-refractivity contribution is 0.0950. The van der Waals surface area contributed by atoms with Crippen molar-refractivity contribution in [2.45, 2.75) is 6.54 Å². The third-order valence-electron chi connectivity index (χ3n) is 3.35. The van der Waals surface area contributed by atoms with Gasteiger partial charge in [0.25, 0.3) is 5.91 Å². The highest BCUT2D eigenvalue weighted by molar-refractivity contribution is 7.15. The lowest BCUT2D eigenvalue weighted by Gasteiger charge is -2.05. The number of amides is 1. The van der Waals surface area contributed by atoms with Gasteiger partial charge >= 0.3 is 0 Å². The highest BCUT2D eigenvalue weighted by Gasteiger charge is 2.08. The molecule has 4 aromatic rings. The average Bonchev–Trinajstić information content (AvgIpc) is 3.29. The molecule has 4 heterocycles. The molecule has 23 heavy (non-hydrogen) atoms. The Kier molecular flexibility index (Phi) is 3.35. The molecule has 4 aromatic heterocycles. The number of nitrogens with one attached hydrogen (secondary N) is 1. The SMILES string of the molecule is O=C(NCc1cn2ccsc2n1)c1ccc(-n2ccnc2)nc1. The smallest absolute Gasteiger partial charge is 0.253 e. The van der Waals surface area contributed by atoms with Crippen LogP contribution in [0, 0.1) is 0 Å². The molecule has 1 amide bonds. The molecular weight excluding hydrogens is 312 g/mol. The summed E-state index contributed by atoms with van der Waals surface area (Å²) in [6, 6.07) is 3.52. The van der Waals surface area contributed by atoms with Crippen molar-refractivity contribution in [3.8, 4) is 5.82 Å². The van der Waals surface area contributed by atoms with E-state index in [0.717, 1.165) is 10.7 Å². The van der Waals surface area contributed by atoms with E-state index in [0.29, 0.717) is 17.9 Å². The van der Waals surface area contributed by atoms with Crippen LogP contribution < -0.4 is 5.32 Å². The van der Waals surface area contributed by atoms with Gasteiger partial charge in [-0.2, -0.15) is 0 Å². The van der Waals surface area contributed by atoms with Crippen molar-refractivity contribution >= 4 is 22.2 Å². The van der Waals surface area contributed by atoms with Gasteiger partial charge in [-0.15, -0.1) is 11.3 Å². The van der Waals surface area contributed by atoms with Crippen molar-refractivity contribution in [1.29, 1.82) is 0 Å². The minimum absolute atomic E-state index is 0.175. The van der Waals surface area contributed by atoms with Crippen LogP contribution in [0.2, 0.25) is 0 Å². The maximum Gasteiger partial charge on any atom is 0.253 e. The Bertz CT molecular complexity index is 910. The number of nitrogens with zero attached hydrogens (tertiary/aromatic N) is 5. The molecule has 0 saturated heterocycles. The van der Waals surface area contributed by atoms with Crippen molar-refractivity contribution in [2.75, 3.05) is 0 Å². The molecule has 0 atom stereocenters. The van der Waals surface area contributed by atoms with E-state index in [1.807, 2.05) is 22.2 Å². The van der Waals surface area contributed by atoms with Crippen LogP contribution in [0.3, 0.4) is 0 Å². The summed E-state index contributed by atoms with van der Waals surface area (Å²) in [6.07, 6.45) is 10.5. The minimum Gasteiger partial charge on any atom is -0.346 e. The monoisotopic (exact) mass is 324 g/mol. The topological polar surface area (TPSA) is 77.1 Å². The van der Waals surface area contributed by atoms with Crippen molar-refractivity contribution in [2.24, 2.45) is 0 Å². The first-order valence-corrected chi connectivity index (χ1v) is 7.81. The highest BCUT2D eigenvalue weighted by atomic mass is 32.1. The van der Waals surface area contributed by atoms with Crippen LogP contribution in [0.5, 0.6) is 0 Å². The summed E-state index contributed by atoms with van der Waals surface area (Å²) in [5.74, 6) is 0.541. The summed E-state index contributed by atoms with van der Waals surface area (Å²) in [4.78, 5) is 25.7. The van der Waals surface area contributed by atoms with Crippen LogP contribution in [0.15, 0.2) is 54.8 Å². The lowest BCUT2D eigenvalue weighted by atomic mass is 10.2. The molecule has 0 radical (unpaired) electrons. The van der Waals surface area contributed by atoms with Gasteiger partial charge in [-0.1, -0.05) is 0 Å². The first-order chi connectivity index (χ1) is 11.3. The standard InChI is InChI=1S/C15H12N6OS/c22-14(18-8-12-9-20-5-6-23-15(20)19-12)11-1-2-13(17-7-11)21-4-3-16-10-21/h1-7,9-10H,8H2,(H,18,22). The maximum atomic E-state index is 12.2. The second kappa shape index (κ2) is 5.65. The molecule has 0 fully saturated rings. The second-order valence-electron chi connectivity index (χ2n) is 4.88. The first kappa shape index (κ1) is 13.6. The maximum absolute atomic E-state index is 12.2. The number of aromatic nitrogens is 5. The quantitative estimate of drug-likeness (QED) is 0.622. The van der Waals surface area contributed by atoms with Gasteiger partial charge in [-0.05, 0) is 12.1 Å². The number of carbonyl (C=O) groups excluding carboxylic acids is 1. The van der Waals surface area contributed by atoms with Crippen LogP contribution in [0.1, 0.15) is 16.1 Å². The fourth-order valence-electron chi connectivity index (χ4n) is 2.20. The molecule has 1 N–H and O–H groups in total. The zero-order chi connectivity index (χ0) is 15.6. The van der Waals surface area contributed by atoms with Gasteiger partial charge in [0.05, 0.1) is 17.8 Å². The number of carbonyl (C=O) groups is 1. The van der Waals surface area contributed by atoms with Gasteiger partial charge in [0.1, 0.15) is 12.1 Å². The molecule has 0 saturated carbocycles. The predicted octanol–water partition coefficient (Wildman–Crippen LogP) is 1.91. The van der Waals surface area contributed by atoms with Crippen LogP contribution in [0.25, 0.3) is 10.8 Å². The van der Waals surface area contributed by atoms with Crippen LogP contribution >= 0.6 is 11.3 Å². The van der Waals surface area contributed by atoms with E-state index in [2.05, 4.69) is 20.3 Å². The van der Waals surface area contributed by atoms with Crippen LogP contribution in [-0.4, -0.2) is 29.8 Å². The van der Waals surface area contributed by atoms with Crippen LogP contribution in [-0.2, 0) is 6.54 Å². The summed E-state index contributed by atoms with van der Waals surface area (Å²) in [5.41, 5.74) is 1.34. The molecule has 0 aromatic carbocycles. The Labute approximate surface area is 135 Å².